The van der Waals surface area contributed by atoms with Crippen molar-refractivity contribution in [2.24, 2.45) is 5.73 Å². The van der Waals surface area contributed by atoms with Gasteiger partial charge in [-0.25, -0.2) is 13.4 Å². The van der Waals surface area contributed by atoms with Crippen molar-refractivity contribution >= 4 is 32.9 Å². The molecule has 0 aliphatic carbocycles. The highest BCUT2D eigenvalue weighted by atomic mass is 32.2. The fourth-order valence-corrected chi connectivity index (χ4v) is 1.99. The largest absolute Gasteiger partial charge is 0.389 e. The molecule has 17 heavy (non-hydrogen) atoms. The number of sulfone groups is 1. The summed E-state index contributed by atoms with van der Waals surface area (Å²) in [6.45, 7) is 1.95. The van der Waals surface area contributed by atoms with Crippen molar-refractivity contribution in [3.05, 3.63) is 23.9 Å². The van der Waals surface area contributed by atoms with Crippen LogP contribution in [-0.4, -0.2) is 36.4 Å². The van der Waals surface area contributed by atoms with E-state index < -0.39 is 9.84 Å². The van der Waals surface area contributed by atoms with Gasteiger partial charge in [-0.15, -0.1) is 0 Å². The van der Waals surface area contributed by atoms with Gasteiger partial charge in [-0.1, -0.05) is 19.1 Å². The standard InChI is InChI=1S/C10H15N3O2S2/c1-2-17(14,15)6-5-13-9-7-8(10(11)16)3-4-12-9/h3-4,7H,2,5-6H2,1H3,(H2,11,16)(H,12,13). The second-order valence-corrected chi connectivity index (χ2v) is 6.37. The first-order valence-electron chi connectivity index (χ1n) is 5.15. The van der Waals surface area contributed by atoms with Crippen LogP contribution >= 0.6 is 12.2 Å². The molecule has 0 fully saturated rings. The molecule has 0 unspecified atom stereocenters. The molecule has 0 aromatic carbocycles. The molecule has 0 aliphatic rings. The highest BCUT2D eigenvalue weighted by Crippen LogP contribution is 2.06. The zero-order valence-corrected chi connectivity index (χ0v) is 11.1. The summed E-state index contributed by atoms with van der Waals surface area (Å²) in [6.07, 6.45) is 1.57. The number of pyridine rings is 1. The molecule has 3 N–H and O–H groups in total. The summed E-state index contributed by atoms with van der Waals surface area (Å²) in [5, 5.41) is 2.92. The van der Waals surface area contributed by atoms with Gasteiger partial charge in [-0.3, -0.25) is 0 Å². The first kappa shape index (κ1) is 13.9. The van der Waals surface area contributed by atoms with Gasteiger partial charge in [0, 0.05) is 24.1 Å². The van der Waals surface area contributed by atoms with E-state index in [4.69, 9.17) is 18.0 Å². The zero-order chi connectivity index (χ0) is 12.9. The minimum absolute atomic E-state index is 0.0858. The van der Waals surface area contributed by atoms with E-state index in [0.717, 1.165) is 0 Å². The third-order valence-corrected chi connectivity index (χ3v) is 4.14. The lowest BCUT2D eigenvalue weighted by molar-refractivity contribution is 0.597. The minimum atomic E-state index is -2.96. The summed E-state index contributed by atoms with van der Waals surface area (Å²) in [4.78, 5) is 4.33. The zero-order valence-electron chi connectivity index (χ0n) is 9.51. The van der Waals surface area contributed by atoms with Crippen molar-refractivity contribution in [2.45, 2.75) is 6.92 Å². The normalized spacial score (nSPS) is 11.1. The average molecular weight is 273 g/mol. The Labute approximate surface area is 106 Å². The molecule has 0 saturated heterocycles. The summed E-state index contributed by atoms with van der Waals surface area (Å²) in [7, 11) is -2.96. The third kappa shape index (κ3) is 4.66. The van der Waals surface area contributed by atoms with E-state index in [0.29, 0.717) is 17.9 Å². The van der Waals surface area contributed by atoms with Crippen LogP contribution in [0.4, 0.5) is 5.82 Å². The van der Waals surface area contributed by atoms with Crippen molar-refractivity contribution in [3.63, 3.8) is 0 Å². The van der Waals surface area contributed by atoms with Crippen LogP contribution in [0.25, 0.3) is 0 Å². The number of hydrogen-bond donors (Lipinski definition) is 2. The number of aromatic nitrogens is 1. The summed E-state index contributed by atoms with van der Waals surface area (Å²) < 4.78 is 22.5. The molecule has 0 bridgehead atoms. The molecule has 0 radical (unpaired) electrons. The molecular weight excluding hydrogens is 258 g/mol. The molecule has 1 aromatic rings. The van der Waals surface area contributed by atoms with Crippen LogP contribution in [0.2, 0.25) is 0 Å². The van der Waals surface area contributed by atoms with Gasteiger partial charge in [0.25, 0.3) is 0 Å². The Morgan fingerprint density at radius 2 is 2.29 bits per heavy atom. The lowest BCUT2D eigenvalue weighted by Gasteiger charge is -2.06. The Bertz CT molecular complexity index is 500. The number of thiocarbonyl (C=S) groups is 1. The Morgan fingerprint density at radius 1 is 1.59 bits per heavy atom. The summed E-state index contributed by atoms with van der Waals surface area (Å²) in [6, 6.07) is 3.40. The monoisotopic (exact) mass is 273 g/mol. The molecule has 1 aromatic heterocycles. The highest BCUT2D eigenvalue weighted by Gasteiger charge is 2.06. The topological polar surface area (TPSA) is 85.1 Å². The van der Waals surface area contributed by atoms with E-state index in [-0.39, 0.29) is 16.5 Å². The van der Waals surface area contributed by atoms with Crippen molar-refractivity contribution in [1.82, 2.24) is 4.98 Å². The molecule has 94 valence electrons. The van der Waals surface area contributed by atoms with Crippen molar-refractivity contribution in [2.75, 3.05) is 23.4 Å². The van der Waals surface area contributed by atoms with E-state index in [1.54, 1.807) is 25.3 Å². The SMILES string of the molecule is CCS(=O)(=O)CCNc1cc(C(N)=S)ccn1. The molecule has 5 nitrogen and oxygen atoms in total. The summed E-state index contributed by atoms with van der Waals surface area (Å²) in [5.41, 5.74) is 6.19. The number of rotatable bonds is 6. The van der Waals surface area contributed by atoms with Crippen molar-refractivity contribution in [3.8, 4) is 0 Å². The predicted molar refractivity (Wildman–Crippen MR) is 72.9 cm³/mol. The second kappa shape index (κ2) is 5.92. The van der Waals surface area contributed by atoms with Gasteiger partial charge in [0.05, 0.1) is 5.75 Å². The third-order valence-electron chi connectivity index (χ3n) is 2.20. The van der Waals surface area contributed by atoms with Gasteiger partial charge in [-0.05, 0) is 12.1 Å². The van der Waals surface area contributed by atoms with E-state index in [2.05, 4.69) is 10.3 Å². The first-order valence-corrected chi connectivity index (χ1v) is 7.37. The Balaban J connectivity index is 2.58. The molecule has 0 aliphatic heterocycles. The lowest BCUT2D eigenvalue weighted by atomic mass is 10.2. The van der Waals surface area contributed by atoms with E-state index in [1.165, 1.54) is 0 Å². The molecule has 0 saturated carbocycles. The summed E-state index contributed by atoms with van der Waals surface area (Å²) in [5.74, 6) is 0.805. The number of nitrogens with two attached hydrogens (primary N) is 1. The maximum atomic E-state index is 11.3. The Kier molecular flexibility index (Phi) is 4.83. The van der Waals surface area contributed by atoms with Crippen LogP contribution in [0.5, 0.6) is 0 Å². The Morgan fingerprint density at radius 3 is 2.88 bits per heavy atom. The summed E-state index contributed by atoms with van der Waals surface area (Å²) >= 11 is 4.84. The quantitative estimate of drug-likeness (QED) is 0.737. The number of nitrogens with one attached hydrogen (secondary N) is 1. The first-order chi connectivity index (χ1) is 7.94. The van der Waals surface area contributed by atoms with Gasteiger partial charge in [0.1, 0.15) is 10.8 Å². The number of hydrogen-bond acceptors (Lipinski definition) is 5. The van der Waals surface area contributed by atoms with E-state index in [1.807, 2.05) is 0 Å². The maximum absolute atomic E-state index is 11.3. The molecule has 1 heterocycles. The molecular formula is C10H15N3O2S2. The van der Waals surface area contributed by atoms with Crippen LogP contribution < -0.4 is 11.1 Å². The van der Waals surface area contributed by atoms with Crippen molar-refractivity contribution in [1.29, 1.82) is 0 Å². The predicted octanol–water partition coefficient (Wildman–Crippen LogP) is 0.562. The fourth-order valence-electron chi connectivity index (χ4n) is 1.16. The van der Waals surface area contributed by atoms with E-state index >= 15 is 0 Å². The van der Waals surface area contributed by atoms with E-state index in [9.17, 15) is 8.42 Å². The smallest absolute Gasteiger partial charge is 0.151 e. The van der Waals surface area contributed by atoms with Crippen LogP contribution in [0.1, 0.15) is 12.5 Å². The second-order valence-electron chi connectivity index (χ2n) is 3.46. The molecule has 1 rings (SSSR count). The highest BCUT2D eigenvalue weighted by molar-refractivity contribution is 7.91. The molecule has 0 atom stereocenters. The van der Waals surface area contributed by atoms with Crippen molar-refractivity contribution < 1.29 is 8.42 Å². The lowest BCUT2D eigenvalue weighted by Crippen LogP contribution is -2.18. The molecule has 0 spiro atoms. The van der Waals surface area contributed by atoms with Crippen LogP contribution in [0, 0.1) is 0 Å². The maximum Gasteiger partial charge on any atom is 0.151 e. The van der Waals surface area contributed by atoms with Gasteiger partial charge < -0.3 is 11.1 Å². The number of anilines is 1. The average Bonchev–Trinajstić information content (AvgIpc) is 2.29. The van der Waals surface area contributed by atoms with Crippen LogP contribution in [-0.2, 0) is 9.84 Å². The Hall–Kier alpha value is -1.21. The molecule has 7 heteroatoms. The van der Waals surface area contributed by atoms with Gasteiger partial charge >= 0.3 is 0 Å². The van der Waals surface area contributed by atoms with Crippen LogP contribution in [0.15, 0.2) is 18.3 Å². The van der Waals surface area contributed by atoms with Gasteiger partial charge in [0.2, 0.25) is 0 Å². The number of nitrogens with zero attached hydrogens (tertiary/aromatic N) is 1. The minimum Gasteiger partial charge on any atom is -0.389 e. The fraction of sp³-hybridized carbons (Fsp3) is 0.400. The molecule has 0 amide bonds. The van der Waals surface area contributed by atoms with Gasteiger partial charge in [-0.2, -0.15) is 0 Å². The van der Waals surface area contributed by atoms with Gasteiger partial charge in [0.15, 0.2) is 9.84 Å². The van der Waals surface area contributed by atoms with Crippen LogP contribution in [0.3, 0.4) is 0 Å².